The van der Waals surface area contributed by atoms with Gasteiger partial charge in [-0.2, -0.15) is 0 Å². The van der Waals surface area contributed by atoms with E-state index in [0.29, 0.717) is 5.92 Å². The van der Waals surface area contributed by atoms with Crippen molar-refractivity contribution < 1.29 is 9.53 Å². The molecule has 5 heteroatoms. The molecule has 1 N–H and O–H groups in total. The van der Waals surface area contributed by atoms with E-state index in [9.17, 15) is 4.79 Å². The smallest absolute Gasteiger partial charge is 0.249 e. The SMILES string of the molecule is Cc1cccc(-c2cnc([C@@H]3CCCN3C(=O)COCC3CC3)[nH]2)c1. The van der Waals surface area contributed by atoms with Crippen LogP contribution in [0.1, 0.15) is 43.1 Å². The van der Waals surface area contributed by atoms with Crippen molar-refractivity contribution in [2.24, 2.45) is 5.92 Å². The number of rotatable bonds is 6. The summed E-state index contributed by atoms with van der Waals surface area (Å²) in [6, 6.07) is 8.39. The number of ether oxygens (including phenoxy) is 1. The first-order chi connectivity index (χ1) is 12.2. The number of carbonyl (C=O) groups excluding carboxylic acids is 1. The van der Waals surface area contributed by atoms with Gasteiger partial charge in [0.2, 0.25) is 5.91 Å². The van der Waals surface area contributed by atoms with E-state index in [4.69, 9.17) is 4.74 Å². The molecule has 0 radical (unpaired) electrons. The van der Waals surface area contributed by atoms with Crippen LogP contribution in [-0.4, -0.2) is 40.5 Å². The zero-order chi connectivity index (χ0) is 17.2. The minimum absolute atomic E-state index is 0.0376. The van der Waals surface area contributed by atoms with Crippen LogP contribution in [0.25, 0.3) is 11.3 Å². The summed E-state index contributed by atoms with van der Waals surface area (Å²) in [5.74, 6) is 1.64. The number of nitrogens with zero attached hydrogens (tertiary/aromatic N) is 2. The molecule has 0 unspecified atom stereocenters. The third kappa shape index (κ3) is 3.76. The fourth-order valence-corrected chi connectivity index (χ4v) is 3.50. The van der Waals surface area contributed by atoms with E-state index in [0.717, 1.165) is 43.1 Å². The Balaban J connectivity index is 1.44. The van der Waals surface area contributed by atoms with E-state index >= 15 is 0 Å². The van der Waals surface area contributed by atoms with Crippen molar-refractivity contribution in [1.82, 2.24) is 14.9 Å². The molecular formula is C20H25N3O2. The van der Waals surface area contributed by atoms with Gasteiger partial charge in [-0.1, -0.05) is 23.8 Å². The Morgan fingerprint density at radius 1 is 1.36 bits per heavy atom. The lowest BCUT2D eigenvalue weighted by Gasteiger charge is -2.23. The topological polar surface area (TPSA) is 58.2 Å². The number of aromatic nitrogens is 2. The van der Waals surface area contributed by atoms with Crippen molar-refractivity contribution in [1.29, 1.82) is 0 Å². The lowest BCUT2D eigenvalue weighted by molar-refractivity contribution is -0.137. The average Bonchev–Trinajstić information content (AvgIpc) is 3.12. The normalized spacial score (nSPS) is 20.2. The molecule has 0 bridgehead atoms. The number of hydrogen-bond donors (Lipinski definition) is 1. The summed E-state index contributed by atoms with van der Waals surface area (Å²) in [4.78, 5) is 22.4. The Morgan fingerprint density at radius 2 is 2.24 bits per heavy atom. The van der Waals surface area contributed by atoms with E-state index in [2.05, 4.69) is 35.1 Å². The summed E-state index contributed by atoms with van der Waals surface area (Å²) in [7, 11) is 0. The van der Waals surface area contributed by atoms with E-state index in [-0.39, 0.29) is 18.6 Å². The van der Waals surface area contributed by atoms with Crippen molar-refractivity contribution >= 4 is 5.91 Å². The number of imidazole rings is 1. The fraction of sp³-hybridized carbons (Fsp3) is 0.500. The van der Waals surface area contributed by atoms with Crippen LogP contribution in [-0.2, 0) is 9.53 Å². The van der Waals surface area contributed by atoms with Gasteiger partial charge in [0, 0.05) is 6.54 Å². The Kier molecular flexibility index (Phi) is 4.57. The molecule has 1 aromatic carbocycles. The Hall–Kier alpha value is -2.14. The van der Waals surface area contributed by atoms with Crippen molar-refractivity contribution in [2.75, 3.05) is 19.8 Å². The van der Waals surface area contributed by atoms with Gasteiger partial charge >= 0.3 is 0 Å². The summed E-state index contributed by atoms with van der Waals surface area (Å²) in [5.41, 5.74) is 3.35. The lowest BCUT2D eigenvalue weighted by Crippen LogP contribution is -2.34. The van der Waals surface area contributed by atoms with Crippen molar-refractivity contribution in [3.05, 3.63) is 41.9 Å². The first-order valence-corrected chi connectivity index (χ1v) is 9.20. The number of nitrogens with one attached hydrogen (secondary N) is 1. The zero-order valence-electron chi connectivity index (χ0n) is 14.7. The molecule has 2 heterocycles. The number of aryl methyl sites for hydroxylation is 1. The van der Waals surface area contributed by atoms with E-state index in [1.807, 2.05) is 17.2 Å². The van der Waals surface area contributed by atoms with Gasteiger partial charge in [0.25, 0.3) is 0 Å². The van der Waals surface area contributed by atoms with E-state index in [1.165, 1.54) is 18.4 Å². The third-order valence-electron chi connectivity index (χ3n) is 5.09. The second-order valence-corrected chi connectivity index (χ2v) is 7.26. The minimum atomic E-state index is 0.0376. The van der Waals surface area contributed by atoms with Crippen molar-refractivity contribution in [3.63, 3.8) is 0 Å². The van der Waals surface area contributed by atoms with Gasteiger partial charge in [-0.3, -0.25) is 4.79 Å². The van der Waals surface area contributed by atoms with Crippen LogP contribution >= 0.6 is 0 Å². The molecule has 1 aliphatic heterocycles. The van der Waals surface area contributed by atoms with Crippen LogP contribution in [0.15, 0.2) is 30.5 Å². The predicted molar refractivity (Wildman–Crippen MR) is 96.0 cm³/mol. The van der Waals surface area contributed by atoms with Gasteiger partial charge in [-0.15, -0.1) is 0 Å². The van der Waals surface area contributed by atoms with Crippen LogP contribution in [0.2, 0.25) is 0 Å². The molecule has 1 saturated carbocycles. The molecule has 1 saturated heterocycles. The highest BCUT2D eigenvalue weighted by atomic mass is 16.5. The molecule has 1 atom stereocenters. The number of likely N-dealkylation sites (tertiary alicyclic amines) is 1. The highest BCUT2D eigenvalue weighted by Gasteiger charge is 2.32. The molecule has 4 rings (SSSR count). The first-order valence-electron chi connectivity index (χ1n) is 9.20. The fourth-order valence-electron chi connectivity index (χ4n) is 3.50. The largest absolute Gasteiger partial charge is 0.371 e. The first kappa shape index (κ1) is 16.3. The molecule has 5 nitrogen and oxygen atoms in total. The molecule has 1 aromatic heterocycles. The maximum atomic E-state index is 12.5. The Morgan fingerprint density at radius 3 is 3.04 bits per heavy atom. The summed E-state index contributed by atoms with van der Waals surface area (Å²) >= 11 is 0. The summed E-state index contributed by atoms with van der Waals surface area (Å²) in [6.45, 7) is 3.79. The lowest BCUT2D eigenvalue weighted by atomic mass is 10.1. The molecule has 2 aromatic rings. The number of benzene rings is 1. The molecule has 1 amide bonds. The molecule has 2 aliphatic rings. The zero-order valence-corrected chi connectivity index (χ0v) is 14.7. The molecule has 25 heavy (non-hydrogen) atoms. The van der Waals surface area contributed by atoms with Crippen LogP contribution < -0.4 is 0 Å². The summed E-state index contributed by atoms with van der Waals surface area (Å²) in [6.07, 6.45) is 6.33. The van der Waals surface area contributed by atoms with Gasteiger partial charge in [-0.25, -0.2) is 4.98 Å². The number of hydrogen-bond acceptors (Lipinski definition) is 3. The van der Waals surface area contributed by atoms with Crippen LogP contribution in [0, 0.1) is 12.8 Å². The van der Waals surface area contributed by atoms with Gasteiger partial charge < -0.3 is 14.6 Å². The van der Waals surface area contributed by atoms with Gasteiger partial charge in [0.05, 0.1) is 24.5 Å². The average molecular weight is 339 g/mol. The molecular weight excluding hydrogens is 314 g/mol. The quantitative estimate of drug-likeness (QED) is 0.876. The highest BCUT2D eigenvalue weighted by Crippen LogP contribution is 2.32. The highest BCUT2D eigenvalue weighted by molar-refractivity contribution is 5.78. The maximum Gasteiger partial charge on any atom is 0.249 e. The summed E-state index contributed by atoms with van der Waals surface area (Å²) < 4.78 is 5.58. The van der Waals surface area contributed by atoms with Crippen LogP contribution in [0.5, 0.6) is 0 Å². The number of carbonyl (C=O) groups is 1. The Bertz CT molecular complexity index is 751. The molecule has 132 valence electrons. The number of aromatic amines is 1. The monoisotopic (exact) mass is 339 g/mol. The summed E-state index contributed by atoms with van der Waals surface area (Å²) in [5, 5.41) is 0. The Labute approximate surface area is 148 Å². The van der Waals surface area contributed by atoms with Crippen LogP contribution in [0.3, 0.4) is 0 Å². The number of H-pyrrole nitrogens is 1. The van der Waals surface area contributed by atoms with Crippen LogP contribution in [0.4, 0.5) is 0 Å². The van der Waals surface area contributed by atoms with E-state index < -0.39 is 0 Å². The molecule has 2 fully saturated rings. The van der Waals surface area contributed by atoms with E-state index in [1.54, 1.807) is 0 Å². The van der Waals surface area contributed by atoms with Gasteiger partial charge in [0.15, 0.2) is 0 Å². The standard InChI is InChI=1S/C20H25N3O2/c1-14-4-2-5-16(10-14)17-11-21-20(22-17)18-6-3-9-23(18)19(24)13-25-12-15-7-8-15/h2,4-5,10-11,15,18H,3,6-9,12-13H2,1H3,(H,21,22)/t18-/m0/s1. The number of amides is 1. The minimum Gasteiger partial charge on any atom is -0.371 e. The second-order valence-electron chi connectivity index (χ2n) is 7.26. The third-order valence-corrected chi connectivity index (χ3v) is 5.09. The molecule has 1 aliphatic carbocycles. The van der Waals surface area contributed by atoms with Gasteiger partial charge in [0.1, 0.15) is 12.4 Å². The van der Waals surface area contributed by atoms with Gasteiger partial charge in [-0.05, 0) is 50.2 Å². The van der Waals surface area contributed by atoms with Crippen molar-refractivity contribution in [3.8, 4) is 11.3 Å². The predicted octanol–water partition coefficient (Wildman–Crippen LogP) is 3.48. The molecule has 0 spiro atoms. The maximum absolute atomic E-state index is 12.5. The van der Waals surface area contributed by atoms with Crippen molar-refractivity contribution in [2.45, 2.75) is 38.6 Å². The second kappa shape index (κ2) is 7.00.